The van der Waals surface area contributed by atoms with Gasteiger partial charge in [-0.1, -0.05) is 0 Å². The molecule has 4 atom stereocenters. The molecule has 2 heterocycles. The van der Waals surface area contributed by atoms with Gasteiger partial charge >= 0.3 is 0 Å². The van der Waals surface area contributed by atoms with Gasteiger partial charge in [-0.3, -0.25) is 4.90 Å². The van der Waals surface area contributed by atoms with Crippen molar-refractivity contribution < 1.29 is 10.9 Å². The molecule has 4 nitrogen and oxygen atoms in total. The molecule has 0 aliphatic carbocycles. The Morgan fingerprint density at radius 3 is 2.47 bits per heavy atom. The summed E-state index contributed by atoms with van der Waals surface area (Å²) >= 11 is 0. The van der Waals surface area contributed by atoms with E-state index in [1.54, 1.807) is 5.31 Å². The number of hydrogen-bond acceptors (Lipinski definition) is 4. The SMILES string of the molecule is [3H]N1CC(C)OC(CCN2CC(C)OC(C)C2)C1. The standard InChI is InChI=1S/C13H26N2O2/c1-10-6-14-7-13(17-10)4-5-15-8-11(2)16-12(3)9-15/h10-14H,4-9H2,1-3H3/i/hT. The molecule has 0 aromatic heterocycles. The Bertz CT molecular complexity index is 221. The average molecular weight is 244 g/mol. The van der Waals surface area contributed by atoms with Gasteiger partial charge in [-0.25, -0.2) is 0 Å². The Morgan fingerprint density at radius 1 is 1.12 bits per heavy atom. The summed E-state index contributed by atoms with van der Waals surface area (Å²) in [6, 6.07) is 0. The van der Waals surface area contributed by atoms with Crippen LogP contribution in [0.5, 0.6) is 0 Å². The summed E-state index contributed by atoms with van der Waals surface area (Å²) in [7, 11) is 0. The highest BCUT2D eigenvalue weighted by Gasteiger charge is 2.24. The van der Waals surface area contributed by atoms with Gasteiger partial charge in [0.05, 0.1) is 24.4 Å². The maximum Gasteiger partial charge on any atom is 0.122 e. The molecule has 2 aliphatic rings. The molecule has 0 aromatic rings. The van der Waals surface area contributed by atoms with Gasteiger partial charge in [0.1, 0.15) is 1.41 Å². The zero-order chi connectivity index (χ0) is 13.1. The van der Waals surface area contributed by atoms with E-state index in [4.69, 9.17) is 10.9 Å². The van der Waals surface area contributed by atoms with Gasteiger partial charge in [-0.15, -0.1) is 0 Å². The first kappa shape index (κ1) is 11.9. The number of morpholine rings is 2. The predicted molar refractivity (Wildman–Crippen MR) is 68.3 cm³/mol. The van der Waals surface area contributed by atoms with Crippen LogP contribution < -0.4 is 5.31 Å². The minimum absolute atomic E-state index is 0.184. The summed E-state index contributed by atoms with van der Waals surface area (Å²) in [5.74, 6) is 0. The Morgan fingerprint density at radius 2 is 1.82 bits per heavy atom. The van der Waals surface area contributed by atoms with Crippen LogP contribution in [0, 0.1) is 0 Å². The third-order valence-electron chi connectivity index (χ3n) is 3.41. The van der Waals surface area contributed by atoms with Crippen molar-refractivity contribution in [1.82, 2.24) is 10.2 Å². The molecule has 0 radical (unpaired) electrons. The minimum Gasteiger partial charge on any atom is -0.373 e. The molecule has 0 aromatic carbocycles. The first-order chi connectivity index (χ1) is 8.52. The first-order valence-corrected chi connectivity index (χ1v) is 6.80. The van der Waals surface area contributed by atoms with E-state index in [0.717, 1.165) is 39.1 Å². The van der Waals surface area contributed by atoms with Gasteiger partial charge in [-0.2, -0.15) is 0 Å². The topological polar surface area (TPSA) is 33.7 Å². The summed E-state index contributed by atoms with van der Waals surface area (Å²) in [6.45, 7) is 10.8. The average Bonchev–Trinajstić information content (AvgIpc) is 2.23. The zero-order valence-corrected chi connectivity index (χ0v) is 11.3. The van der Waals surface area contributed by atoms with Crippen LogP contribution in [0.3, 0.4) is 0 Å². The number of nitrogens with zero attached hydrogens (tertiary/aromatic N) is 1. The monoisotopic (exact) mass is 244 g/mol. The maximum absolute atomic E-state index is 7.74. The number of nitrogens with one attached hydrogen (secondary N) is 1. The van der Waals surface area contributed by atoms with E-state index in [1.807, 2.05) is 6.92 Å². The second-order valence-electron chi connectivity index (χ2n) is 5.46. The zero-order valence-electron chi connectivity index (χ0n) is 12.3. The molecular weight excluding hydrogens is 216 g/mol. The Hall–Kier alpha value is -0.160. The highest BCUT2D eigenvalue weighted by Crippen LogP contribution is 2.13. The van der Waals surface area contributed by atoms with Crippen molar-refractivity contribution in [2.24, 2.45) is 0 Å². The molecule has 1 N–H and O–H groups in total. The van der Waals surface area contributed by atoms with Crippen LogP contribution in [0.25, 0.3) is 0 Å². The lowest BCUT2D eigenvalue weighted by Gasteiger charge is -2.36. The second-order valence-corrected chi connectivity index (χ2v) is 5.46. The van der Waals surface area contributed by atoms with Crippen LogP contribution in [0.2, 0.25) is 1.41 Å². The smallest absolute Gasteiger partial charge is 0.122 e. The van der Waals surface area contributed by atoms with Gasteiger partial charge in [0.15, 0.2) is 0 Å². The lowest BCUT2D eigenvalue weighted by atomic mass is 10.1. The van der Waals surface area contributed by atoms with Gasteiger partial charge in [0.2, 0.25) is 0 Å². The van der Waals surface area contributed by atoms with E-state index >= 15 is 0 Å². The lowest BCUT2D eigenvalue weighted by molar-refractivity contribution is -0.0773. The van der Waals surface area contributed by atoms with Gasteiger partial charge in [0, 0.05) is 32.7 Å². The van der Waals surface area contributed by atoms with Crippen LogP contribution in [0.1, 0.15) is 27.2 Å². The fourth-order valence-corrected chi connectivity index (χ4v) is 2.77. The molecule has 0 spiro atoms. The van der Waals surface area contributed by atoms with Crippen molar-refractivity contribution >= 4 is 0 Å². The molecule has 4 unspecified atom stereocenters. The van der Waals surface area contributed by atoms with Gasteiger partial charge in [0.25, 0.3) is 0 Å². The normalized spacial score (nSPS) is 42.4. The van der Waals surface area contributed by atoms with Crippen molar-refractivity contribution in [3.8, 4) is 0 Å². The van der Waals surface area contributed by atoms with E-state index in [1.165, 1.54) is 0 Å². The van der Waals surface area contributed by atoms with E-state index in [9.17, 15) is 0 Å². The van der Waals surface area contributed by atoms with Crippen molar-refractivity contribution in [2.75, 3.05) is 32.7 Å². The van der Waals surface area contributed by atoms with Crippen LogP contribution >= 0.6 is 0 Å². The Balaban J connectivity index is 1.73. The second kappa shape index (κ2) is 6.14. The van der Waals surface area contributed by atoms with E-state index in [0.29, 0.717) is 12.2 Å². The molecular formula is C13H26N2O2. The summed E-state index contributed by atoms with van der Waals surface area (Å²) in [5.41, 5.74) is 0. The van der Waals surface area contributed by atoms with E-state index in [-0.39, 0.29) is 12.2 Å². The molecule has 2 saturated heterocycles. The van der Waals surface area contributed by atoms with Gasteiger partial charge < -0.3 is 14.8 Å². The van der Waals surface area contributed by atoms with Crippen LogP contribution in [0.15, 0.2) is 0 Å². The lowest BCUT2D eigenvalue weighted by Crippen LogP contribution is -2.48. The molecule has 100 valence electrons. The highest BCUT2D eigenvalue weighted by molar-refractivity contribution is 4.77. The minimum atomic E-state index is 0.184. The van der Waals surface area contributed by atoms with E-state index < -0.39 is 0 Å². The number of rotatable bonds is 3. The summed E-state index contributed by atoms with van der Waals surface area (Å²) in [6.07, 6.45) is 2.06. The summed E-state index contributed by atoms with van der Waals surface area (Å²) in [4.78, 5) is 2.45. The maximum atomic E-state index is 7.74. The van der Waals surface area contributed by atoms with Crippen molar-refractivity contribution in [3.05, 3.63) is 0 Å². The Kier molecular flexibility index (Phi) is 4.30. The molecule has 17 heavy (non-hydrogen) atoms. The number of hydrogen-bond donors (Lipinski definition) is 1. The highest BCUT2D eigenvalue weighted by atomic mass is 16.5. The van der Waals surface area contributed by atoms with Gasteiger partial charge in [-0.05, 0) is 27.2 Å². The molecule has 2 fully saturated rings. The molecule has 0 amide bonds. The molecule has 0 bridgehead atoms. The third kappa shape index (κ3) is 4.21. The van der Waals surface area contributed by atoms with Crippen LogP contribution in [-0.2, 0) is 9.47 Å². The largest absolute Gasteiger partial charge is 0.373 e. The first-order valence-electron chi connectivity index (χ1n) is 7.24. The molecule has 2 rings (SSSR count). The van der Waals surface area contributed by atoms with Crippen LogP contribution in [0.4, 0.5) is 0 Å². The van der Waals surface area contributed by atoms with Crippen LogP contribution in [-0.4, -0.2) is 62.0 Å². The summed E-state index contributed by atoms with van der Waals surface area (Å²) in [5, 5.41) is 1.63. The van der Waals surface area contributed by atoms with Crippen molar-refractivity contribution in [3.63, 3.8) is 0 Å². The molecule has 0 saturated carbocycles. The fourth-order valence-electron chi connectivity index (χ4n) is 2.77. The fraction of sp³-hybridized carbons (Fsp3) is 1.00. The van der Waals surface area contributed by atoms with Crippen molar-refractivity contribution in [2.45, 2.75) is 51.6 Å². The Labute approximate surface area is 106 Å². The third-order valence-corrected chi connectivity index (χ3v) is 3.41. The van der Waals surface area contributed by atoms with E-state index in [2.05, 4.69) is 18.7 Å². The van der Waals surface area contributed by atoms with Crippen molar-refractivity contribution in [1.29, 1.82) is 0 Å². The quantitative estimate of drug-likeness (QED) is 0.798. The molecule has 4 heteroatoms. The molecule has 2 aliphatic heterocycles. The summed E-state index contributed by atoms with van der Waals surface area (Å²) < 4.78 is 19.4. The predicted octanol–water partition coefficient (Wildman–Crippen LogP) is 0.863. The number of ether oxygens (including phenoxy) is 2.